The van der Waals surface area contributed by atoms with E-state index in [0.717, 1.165) is 6.29 Å². The molecular formula is C8H16OU. The molecule has 1 nitrogen and oxygen atoms in total. The van der Waals surface area contributed by atoms with Crippen molar-refractivity contribution >= 4 is 6.29 Å². The second-order valence-corrected chi connectivity index (χ2v) is 2.36. The van der Waals surface area contributed by atoms with Crippen LogP contribution in [0.4, 0.5) is 0 Å². The van der Waals surface area contributed by atoms with Gasteiger partial charge in [-0.1, -0.05) is 38.5 Å². The van der Waals surface area contributed by atoms with E-state index in [4.69, 9.17) is 4.79 Å². The molecule has 1 rings (SSSR count). The quantitative estimate of drug-likeness (QED) is 0.603. The van der Waals surface area contributed by atoms with E-state index in [1.807, 2.05) is 0 Å². The van der Waals surface area contributed by atoms with E-state index in [-0.39, 0.29) is 31.1 Å². The molecule has 0 amide bonds. The van der Waals surface area contributed by atoms with E-state index in [1.165, 1.54) is 45.4 Å². The van der Waals surface area contributed by atoms with Crippen molar-refractivity contribution in [3.8, 4) is 0 Å². The van der Waals surface area contributed by atoms with Gasteiger partial charge < -0.3 is 4.79 Å². The van der Waals surface area contributed by atoms with Crippen LogP contribution in [0.15, 0.2) is 0 Å². The minimum Gasteiger partial charge on any atom is -0.304 e. The average Bonchev–Trinajstić information content (AvgIpc) is 1.93. The summed E-state index contributed by atoms with van der Waals surface area (Å²) >= 11 is 0. The van der Waals surface area contributed by atoms with Crippen LogP contribution in [0.1, 0.15) is 45.4 Å². The average molecular weight is 366 g/mol. The molecule has 0 aromatic rings. The van der Waals surface area contributed by atoms with Gasteiger partial charge in [0.15, 0.2) is 0 Å². The first kappa shape index (κ1) is 13.3. The topological polar surface area (TPSA) is 17.1 Å². The fraction of sp³-hybridized carbons (Fsp3) is 0.875. The Bertz CT molecular complexity index is 48.8. The van der Waals surface area contributed by atoms with Crippen molar-refractivity contribution in [2.75, 3.05) is 0 Å². The first-order valence-electron chi connectivity index (χ1n) is 3.81. The molecule has 1 saturated carbocycles. The summed E-state index contributed by atoms with van der Waals surface area (Å²) in [4.78, 5) is 8.81. The van der Waals surface area contributed by atoms with Gasteiger partial charge in [0, 0.05) is 31.1 Å². The molecule has 0 spiro atoms. The van der Waals surface area contributed by atoms with Gasteiger partial charge in [-0.3, -0.25) is 0 Å². The zero-order valence-corrected chi connectivity index (χ0v) is 10.9. The van der Waals surface area contributed by atoms with Crippen LogP contribution in [0.25, 0.3) is 0 Å². The smallest absolute Gasteiger partial charge is 0.116 e. The Morgan fingerprint density at radius 3 is 1.10 bits per heavy atom. The first-order chi connectivity index (χ1) is 4.41. The first-order valence-corrected chi connectivity index (χ1v) is 3.81. The van der Waals surface area contributed by atoms with Crippen molar-refractivity contribution < 1.29 is 35.9 Å². The van der Waals surface area contributed by atoms with Crippen molar-refractivity contribution in [1.29, 1.82) is 0 Å². The maximum atomic E-state index is 8.81. The van der Waals surface area contributed by atoms with Crippen LogP contribution >= 0.6 is 0 Å². The van der Waals surface area contributed by atoms with Gasteiger partial charge in [-0.2, -0.15) is 0 Å². The molecule has 0 unspecified atom stereocenters. The maximum Gasteiger partial charge on any atom is 0.116 e. The minimum atomic E-state index is 0. The molecule has 1 fully saturated rings. The molecule has 10 heavy (non-hydrogen) atoms. The normalized spacial score (nSPS) is 15.7. The zero-order chi connectivity index (χ0) is 6.95. The number of hydrogen-bond acceptors (Lipinski definition) is 1. The summed E-state index contributed by atoms with van der Waals surface area (Å²) in [6.45, 7) is 1.44. The predicted molar refractivity (Wildman–Crippen MR) is 39.4 cm³/mol. The zero-order valence-electron chi connectivity index (χ0n) is 6.73. The molecule has 0 aromatic heterocycles. The van der Waals surface area contributed by atoms with Crippen molar-refractivity contribution in [2.45, 2.75) is 45.4 Å². The molecule has 0 radical (unpaired) electrons. The monoisotopic (exact) mass is 366 g/mol. The molecule has 0 N–H and O–H groups in total. The Hall–Kier alpha value is 0.722. The molecule has 2 heteroatoms. The van der Waals surface area contributed by atoms with Crippen molar-refractivity contribution in [3.63, 3.8) is 0 Å². The third-order valence-electron chi connectivity index (χ3n) is 1.50. The Balaban J connectivity index is 0. The number of carbonyl (C=O) groups is 1. The van der Waals surface area contributed by atoms with Crippen molar-refractivity contribution in [1.82, 2.24) is 0 Å². The third kappa shape index (κ3) is 11.5. The molecule has 0 saturated heterocycles. The summed E-state index contributed by atoms with van der Waals surface area (Å²) in [5.41, 5.74) is 0. The Kier molecular flexibility index (Phi) is 16.5. The second kappa shape index (κ2) is 12.4. The number of hydrogen-bond donors (Lipinski definition) is 0. The van der Waals surface area contributed by atoms with Gasteiger partial charge in [-0.15, -0.1) is 0 Å². The van der Waals surface area contributed by atoms with Crippen LogP contribution < -0.4 is 0 Å². The SMILES string of the molecule is C1CCCCC1.CC=O.[U]. The Labute approximate surface area is 87.3 Å². The van der Waals surface area contributed by atoms with E-state index in [9.17, 15) is 0 Å². The standard InChI is InChI=1S/C6H12.C2H4O.U/c1-2-4-6-5-3-1;1-2-3;/h1-6H2;2H,1H3;. The van der Waals surface area contributed by atoms with Gasteiger partial charge in [0.2, 0.25) is 0 Å². The molecule has 0 aliphatic heterocycles. The van der Waals surface area contributed by atoms with Crippen LogP contribution in [0, 0.1) is 31.1 Å². The molecule has 0 bridgehead atoms. The summed E-state index contributed by atoms with van der Waals surface area (Å²) in [5, 5.41) is 0. The van der Waals surface area contributed by atoms with Crippen LogP contribution in [0.3, 0.4) is 0 Å². The van der Waals surface area contributed by atoms with Crippen LogP contribution in [-0.4, -0.2) is 6.29 Å². The third-order valence-corrected chi connectivity index (χ3v) is 1.50. The summed E-state index contributed by atoms with van der Waals surface area (Å²) in [5.74, 6) is 0. The summed E-state index contributed by atoms with van der Waals surface area (Å²) in [6.07, 6.45) is 9.75. The number of carbonyl (C=O) groups excluding carboxylic acids is 1. The van der Waals surface area contributed by atoms with Crippen LogP contribution in [0.5, 0.6) is 0 Å². The van der Waals surface area contributed by atoms with E-state index >= 15 is 0 Å². The summed E-state index contributed by atoms with van der Waals surface area (Å²) in [6, 6.07) is 0. The number of rotatable bonds is 0. The minimum absolute atomic E-state index is 0. The fourth-order valence-electron chi connectivity index (χ4n) is 1.06. The van der Waals surface area contributed by atoms with Crippen molar-refractivity contribution in [3.05, 3.63) is 0 Å². The van der Waals surface area contributed by atoms with Gasteiger partial charge in [0.1, 0.15) is 6.29 Å². The molecule has 58 valence electrons. The molecule has 1 aliphatic rings. The molecular weight excluding hydrogens is 350 g/mol. The van der Waals surface area contributed by atoms with Gasteiger partial charge in [0.05, 0.1) is 0 Å². The largest absolute Gasteiger partial charge is 0.304 e. The predicted octanol–water partition coefficient (Wildman–Crippen LogP) is 2.55. The second-order valence-electron chi connectivity index (χ2n) is 2.36. The van der Waals surface area contributed by atoms with E-state index < -0.39 is 0 Å². The van der Waals surface area contributed by atoms with Crippen LogP contribution in [-0.2, 0) is 4.79 Å². The number of aldehydes is 1. The summed E-state index contributed by atoms with van der Waals surface area (Å²) in [7, 11) is 0. The molecule has 0 heterocycles. The Morgan fingerprint density at radius 1 is 0.900 bits per heavy atom. The van der Waals surface area contributed by atoms with E-state index in [2.05, 4.69) is 0 Å². The fourth-order valence-corrected chi connectivity index (χ4v) is 1.06. The van der Waals surface area contributed by atoms with Gasteiger partial charge in [-0.25, -0.2) is 0 Å². The van der Waals surface area contributed by atoms with E-state index in [0.29, 0.717) is 0 Å². The maximum absolute atomic E-state index is 8.81. The molecule has 0 aromatic carbocycles. The molecule has 0 atom stereocenters. The molecule has 1 aliphatic carbocycles. The van der Waals surface area contributed by atoms with Crippen LogP contribution in [0.2, 0.25) is 0 Å². The summed E-state index contributed by atoms with van der Waals surface area (Å²) < 4.78 is 0. The van der Waals surface area contributed by atoms with Gasteiger partial charge in [-0.05, 0) is 6.92 Å². The van der Waals surface area contributed by atoms with Crippen molar-refractivity contribution in [2.24, 2.45) is 0 Å². The van der Waals surface area contributed by atoms with Gasteiger partial charge >= 0.3 is 0 Å². The van der Waals surface area contributed by atoms with E-state index in [1.54, 1.807) is 0 Å². The Morgan fingerprint density at radius 2 is 1.00 bits per heavy atom. The van der Waals surface area contributed by atoms with Gasteiger partial charge in [0.25, 0.3) is 0 Å².